The van der Waals surface area contributed by atoms with Gasteiger partial charge in [-0.15, -0.1) is 0 Å². The second kappa shape index (κ2) is 9.14. The average Bonchev–Trinajstić information content (AvgIpc) is 2.50. The van der Waals surface area contributed by atoms with E-state index < -0.39 is 0 Å². The van der Waals surface area contributed by atoms with Crippen molar-refractivity contribution in [3.8, 4) is 0 Å². The molecule has 23 heavy (non-hydrogen) atoms. The minimum Gasteiger partial charge on any atom is -0.355 e. The highest BCUT2D eigenvalue weighted by molar-refractivity contribution is 6.35. The van der Waals surface area contributed by atoms with Gasteiger partial charge in [-0.3, -0.25) is 9.59 Å². The molecule has 0 unspecified atom stereocenters. The van der Waals surface area contributed by atoms with Crippen LogP contribution in [0.2, 0.25) is 10.0 Å². The van der Waals surface area contributed by atoms with Gasteiger partial charge in [0.15, 0.2) is 0 Å². The van der Waals surface area contributed by atoms with Crippen LogP contribution in [0.25, 0.3) is 0 Å². The highest BCUT2D eigenvalue weighted by atomic mass is 35.5. The maximum atomic E-state index is 11.8. The van der Waals surface area contributed by atoms with Crippen LogP contribution in [0.15, 0.2) is 18.2 Å². The zero-order valence-corrected chi connectivity index (χ0v) is 14.6. The van der Waals surface area contributed by atoms with Crippen molar-refractivity contribution in [3.05, 3.63) is 33.8 Å². The number of rotatable bonds is 6. The van der Waals surface area contributed by atoms with Crippen molar-refractivity contribution < 1.29 is 9.59 Å². The number of amides is 2. The molecule has 0 radical (unpaired) electrons. The SMILES string of the molecule is O=C(CC(=O)NC1CCCCC1)NCCc1ccc(Cl)cc1Cl. The van der Waals surface area contributed by atoms with Gasteiger partial charge in [-0.1, -0.05) is 48.5 Å². The van der Waals surface area contributed by atoms with E-state index >= 15 is 0 Å². The molecule has 6 heteroatoms. The van der Waals surface area contributed by atoms with Crippen molar-refractivity contribution in [1.29, 1.82) is 0 Å². The zero-order valence-electron chi connectivity index (χ0n) is 13.0. The number of hydrogen-bond donors (Lipinski definition) is 2. The van der Waals surface area contributed by atoms with E-state index in [4.69, 9.17) is 23.2 Å². The molecule has 1 saturated carbocycles. The third-order valence-corrected chi connectivity index (χ3v) is 4.61. The van der Waals surface area contributed by atoms with Gasteiger partial charge in [0.25, 0.3) is 0 Å². The predicted molar refractivity (Wildman–Crippen MR) is 92.8 cm³/mol. The Morgan fingerprint density at radius 1 is 1.09 bits per heavy atom. The third kappa shape index (κ3) is 6.40. The molecule has 0 aliphatic heterocycles. The summed E-state index contributed by atoms with van der Waals surface area (Å²) in [4.78, 5) is 23.6. The highest BCUT2D eigenvalue weighted by Crippen LogP contribution is 2.21. The molecule has 1 aromatic rings. The number of nitrogens with one attached hydrogen (secondary N) is 2. The van der Waals surface area contributed by atoms with Crippen molar-refractivity contribution in [1.82, 2.24) is 10.6 Å². The molecule has 1 aliphatic rings. The first kappa shape index (κ1) is 18.1. The second-order valence-corrected chi connectivity index (χ2v) is 6.76. The average molecular weight is 357 g/mol. The highest BCUT2D eigenvalue weighted by Gasteiger charge is 2.17. The molecule has 0 bridgehead atoms. The number of carbonyl (C=O) groups excluding carboxylic acids is 2. The Bertz CT molecular complexity index is 558. The maximum Gasteiger partial charge on any atom is 0.229 e. The van der Waals surface area contributed by atoms with Crippen LogP contribution in [0.4, 0.5) is 0 Å². The van der Waals surface area contributed by atoms with Gasteiger partial charge in [0.2, 0.25) is 11.8 Å². The van der Waals surface area contributed by atoms with E-state index in [9.17, 15) is 9.59 Å². The van der Waals surface area contributed by atoms with Crippen molar-refractivity contribution in [3.63, 3.8) is 0 Å². The molecule has 0 saturated heterocycles. The van der Waals surface area contributed by atoms with Crippen molar-refractivity contribution >= 4 is 35.0 Å². The van der Waals surface area contributed by atoms with Gasteiger partial charge < -0.3 is 10.6 Å². The lowest BCUT2D eigenvalue weighted by Crippen LogP contribution is -2.39. The van der Waals surface area contributed by atoms with E-state index in [-0.39, 0.29) is 24.3 Å². The Kier molecular flexibility index (Phi) is 7.18. The normalized spacial score (nSPS) is 15.2. The first-order valence-electron chi connectivity index (χ1n) is 8.04. The van der Waals surface area contributed by atoms with Gasteiger partial charge in [-0.25, -0.2) is 0 Å². The second-order valence-electron chi connectivity index (χ2n) is 5.91. The van der Waals surface area contributed by atoms with E-state index in [2.05, 4.69) is 10.6 Å². The molecule has 1 fully saturated rings. The molecule has 0 heterocycles. The summed E-state index contributed by atoms with van der Waals surface area (Å²) in [6.45, 7) is 0.441. The molecule has 1 aromatic carbocycles. The first-order valence-corrected chi connectivity index (χ1v) is 8.80. The van der Waals surface area contributed by atoms with Crippen LogP contribution >= 0.6 is 23.2 Å². The molecule has 0 aromatic heterocycles. The molecule has 126 valence electrons. The third-order valence-electron chi connectivity index (χ3n) is 4.02. The van der Waals surface area contributed by atoms with Gasteiger partial charge in [0, 0.05) is 22.6 Å². The van der Waals surface area contributed by atoms with Crippen LogP contribution in [-0.2, 0) is 16.0 Å². The predicted octanol–water partition coefficient (Wildman–Crippen LogP) is 3.49. The van der Waals surface area contributed by atoms with Crippen LogP contribution in [-0.4, -0.2) is 24.4 Å². The van der Waals surface area contributed by atoms with Crippen molar-refractivity contribution in [2.75, 3.05) is 6.54 Å². The van der Waals surface area contributed by atoms with E-state index in [1.54, 1.807) is 12.1 Å². The fraction of sp³-hybridized carbons (Fsp3) is 0.529. The molecular weight excluding hydrogens is 335 g/mol. The molecule has 0 spiro atoms. The molecule has 0 atom stereocenters. The van der Waals surface area contributed by atoms with Crippen LogP contribution in [0.1, 0.15) is 44.1 Å². The molecule has 1 aliphatic carbocycles. The Morgan fingerprint density at radius 3 is 2.52 bits per heavy atom. The van der Waals surface area contributed by atoms with E-state index in [1.165, 1.54) is 6.42 Å². The molecular formula is C17H22Cl2N2O2. The fourth-order valence-corrected chi connectivity index (χ4v) is 3.30. The van der Waals surface area contributed by atoms with Gasteiger partial charge in [0.05, 0.1) is 0 Å². The molecule has 4 nitrogen and oxygen atoms in total. The Hall–Kier alpha value is -1.26. The zero-order chi connectivity index (χ0) is 16.7. The summed E-state index contributed by atoms with van der Waals surface area (Å²) in [6, 6.07) is 5.52. The summed E-state index contributed by atoms with van der Waals surface area (Å²) in [7, 11) is 0. The van der Waals surface area contributed by atoms with Crippen LogP contribution in [0.3, 0.4) is 0 Å². The summed E-state index contributed by atoms with van der Waals surface area (Å²) in [5.74, 6) is -0.456. The minimum atomic E-state index is -0.261. The molecule has 2 N–H and O–H groups in total. The Morgan fingerprint density at radius 2 is 1.83 bits per heavy atom. The quantitative estimate of drug-likeness (QED) is 0.766. The first-order chi connectivity index (χ1) is 11.0. The van der Waals surface area contributed by atoms with Crippen LogP contribution in [0, 0.1) is 0 Å². The molecule has 2 amide bonds. The van der Waals surface area contributed by atoms with Crippen LogP contribution < -0.4 is 10.6 Å². The van der Waals surface area contributed by atoms with Gasteiger partial charge >= 0.3 is 0 Å². The van der Waals surface area contributed by atoms with E-state index in [0.29, 0.717) is 23.0 Å². The smallest absolute Gasteiger partial charge is 0.229 e. The summed E-state index contributed by atoms with van der Waals surface area (Å²) < 4.78 is 0. The minimum absolute atomic E-state index is 0.120. The van der Waals surface area contributed by atoms with Crippen LogP contribution in [0.5, 0.6) is 0 Å². The fourth-order valence-electron chi connectivity index (χ4n) is 2.79. The summed E-state index contributed by atoms with van der Waals surface area (Å²) in [5.41, 5.74) is 0.919. The van der Waals surface area contributed by atoms with E-state index in [1.807, 2.05) is 6.07 Å². The number of benzene rings is 1. The van der Waals surface area contributed by atoms with Gasteiger partial charge in [-0.2, -0.15) is 0 Å². The maximum absolute atomic E-state index is 11.8. The summed E-state index contributed by atoms with van der Waals surface area (Å²) in [6.07, 6.45) is 6.06. The van der Waals surface area contributed by atoms with Gasteiger partial charge in [-0.05, 0) is 37.0 Å². The van der Waals surface area contributed by atoms with E-state index in [0.717, 1.165) is 31.2 Å². The number of hydrogen-bond acceptors (Lipinski definition) is 2. The number of halogens is 2. The Balaban J connectivity index is 1.67. The number of carbonyl (C=O) groups is 2. The lowest BCUT2D eigenvalue weighted by Gasteiger charge is -2.22. The van der Waals surface area contributed by atoms with Crippen molar-refractivity contribution in [2.45, 2.75) is 51.0 Å². The summed E-state index contributed by atoms with van der Waals surface area (Å²) >= 11 is 11.9. The largest absolute Gasteiger partial charge is 0.355 e. The molecule has 2 rings (SSSR count). The topological polar surface area (TPSA) is 58.2 Å². The Labute approximate surface area is 146 Å². The van der Waals surface area contributed by atoms with Gasteiger partial charge in [0.1, 0.15) is 6.42 Å². The lowest BCUT2D eigenvalue weighted by atomic mass is 9.95. The summed E-state index contributed by atoms with van der Waals surface area (Å²) in [5, 5.41) is 6.86. The lowest BCUT2D eigenvalue weighted by molar-refractivity contribution is -0.129. The monoisotopic (exact) mass is 356 g/mol. The standard InChI is InChI=1S/C17H22Cl2N2O2/c18-13-7-6-12(15(19)10-13)8-9-20-16(22)11-17(23)21-14-4-2-1-3-5-14/h6-7,10,14H,1-5,8-9,11H2,(H,20,22)(H,21,23). The van der Waals surface area contributed by atoms with Crippen molar-refractivity contribution in [2.24, 2.45) is 0 Å².